The Labute approximate surface area is 182 Å². The quantitative estimate of drug-likeness (QED) is 0.606. The number of methoxy groups -OCH3 is 1. The van der Waals surface area contributed by atoms with Crippen LogP contribution in [0.25, 0.3) is 0 Å². The Morgan fingerprint density at radius 3 is 2.45 bits per heavy atom. The summed E-state index contributed by atoms with van der Waals surface area (Å²) >= 11 is 0. The van der Waals surface area contributed by atoms with E-state index in [1.165, 1.54) is 6.07 Å². The van der Waals surface area contributed by atoms with Crippen molar-refractivity contribution in [3.63, 3.8) is 0 Å². The lowest BCUT2D eigenvalue weighted by Gasteiger charge is -2.22. The summed E-state index contributed by atoms with van der Waals surface area (Å²) in [5.41, 5.74) is 1.92. The van der Waals surface area contributed by atoms with Crippen LogP contribution < -0.4 is 20.1 Å². The molecule has 2 aromatic rings. The molecular formula is C22H27N3O5S. The van der Waals surface area contributed by atoms with Crippen molar-refractivity contribution in [2.45, 2.75) is 44.0 Å². The lowest BCUT2D eigenvalue weighted by atomic mass is 10.0. The van der Waals surface area contributed by atoms with Gasteiger partial charge in [-0.3, -0.25) is 9.59 Å². The van der Waals surface area contributed by atoms with E-state index < -0.39 is 22.0 Å². The van der Waals surface area contributed by atoms with Gasteiger partial charge in [-0.2, -0.15) is 4.72 Å². The number of amides is 2. The van der Waals surface area contributed by atoms with Gasteiger partial charge in [0.15, 0.2) is 0 Å². The summed E-state index contributed by atoms with van der Waals surface area (Å²) in [6.45, 7) is 3.54. The molecule has 0 saturated heterocycles. The highest BCUT2D eigenvalue weighted by molar-refractivity contribution is 7.89. The third kappa shape index (κ3) is 5.62. The number of hydrogen-bond acceptors (Lipinski definition) is 5. The van der Waals surface area contributed by atoms with Gasteiger partial charge in [-0.15, -0.1) is 0 Å². The first-order chi connectivity index (χ1) is 14.7. The second-order valence-corrected chi connectivity index (χ2v) is 9.50. The number of ether oxygens (including phenoxy) is 1. The number of sulfonamides is 1. The third-order valence-electron chi connectivity index (χ3n) is 5.10. The molecule has 1 heterocycles. The Morgan fingerprint density at radius 2 is 1.81 bits per heavy atom. The number of nitrogens with one attached hydrogen (secondary N) is 3. The maximum atomic E-state index is 13.0. The van der Waals surface area contributed by atoms with Crippen LogP contribution in [0.1, 0.15) is 32.3 Å². The minimum atomic E-state index is -3.95. The maximum Gasteiger partial charge on any atom is 0.242 e. The molecule has 2 amide bonds. The molecule has 0 aromatic heterocycles. The second kappa shape index (κ2) is 9.49. The molecule has 3 rings (SSSR count). The van der Waals surface area contributed by atoms with E-state index in [9.17, 15) is 18.0 Å². The third-order valence-corrected chi connectivity index (χ3v) is 6.54. The topological polar surface area (TPSA) is 114 Å². The molecule has 0 saturated carbocycles. The van der Waals surface area contributed by atoms with Crippen molar-refractivity contribution in [2.75, 3.05) is 17.7 Å². The maximum absolute atomic E-state index is 13.0. The molecule has 0 spiro atoms. The largest absolute Gasteiger partial charge is 0.497 e. The Balaban J connectivity index is 1.78. The van der Waals surface area contributed by atoms with Crippen molar-refractivity contribution in [3.8, 4) is 5.75 Å². The molecule has 0 aliphatic carbocycles. The minimum absolute atomic E-state index is 0.0605. The van der Waals surface area contributed by atoms with Crippen LogP contribution in [0.15, 0.2) is 47.4 Å². The first-order valence-corrected chi connectivity index (χ1v) is 11.6. The predicted octanol–water partition coefficient (Wildman–Crippen LogP) is 2.91. The van der Waals surface area contributed by atoms with Crippen LogP contribution in [0.5, 0.6) is 5.75 Å². The summed E-state index contributed by atoms with van der Waals surface area (Å²) < 4.78 is 33.7. The van der Waals surface area contributed by atoms with E-state index in [1.807, 2.05) is 0 Å². The molecule has 0 radical (unpaired) electrons. The van der Waals surface area contributed by atoms with Gasteiger partial charge < -0.3 is 15.4 Å². The van der Waals surface area contributed by atoms with E-state index in [4.69, 9.17) is 4.74 Å². The van der Waals surface area contributed by atoms with Gasteiger partial charge >= 0.3 is 0 Å². The Hall–Kier alpha value is -2.91. The summed E-state index contributed by atoms with van der Waals surface area (Å²) in [4.78, 5) is 24.6. The molecule has 1 aliphatic rings. The monoisotopic (exact) mass is 445 g/mol. The van der Waals surface area contributed by atoms with E-state index in [0.717, 1.165) is 5.56 Å². The molecule has 0 unspecified atom stereocenters. The van der Waals surface area contributed by atoms with Crippen LogP contribution in [0.4, 0.5) is 11.4 Å². The average molecular weight is 446 g/mol. The van der Waals surface area contributed by atoms with Gasteiger partial charge in [0, 0.05) is 17.8 Å². The lowest BCUT2D eigenvalue weighted by Crippen LogP contribution is -2.47. The molecule has 1 aliphatic heterocycles. The van der Waals surface area contributed by atoms with Gasteiger partial charge in [-0.1, -0.05) is 13.8 Å². The number of carbonyl (C=O) groups excluding carboxylic acids is 2. The summed E-state index contributed by atoms with van der Waals surface area (Å²) in [5.74, 6) is -0.167. The van der Waals surface area contributed by atoms with Crippen molar-refractivity contribution < 1.29 is 22.7 Å². The number of carbonyl (C=O) groups is 2. The highest BCUT2D eigenvalue weighted by atomic mass is 32.2. The zero-order valence-electron chi connectivity index (χ0n) is 17.8. The highest BCUT2D eigenvalue weighted by Crippen LogP contribution is 2.25. The van der Waals surface area contributed by atoms with Crippen LogP contribution in [0, 0.1) is 5.92 Å². The van der Waals surface area contributed by atoms with Crippen LogP contribution in [-0.4, -0.2) is 33.4 Å². The van der Waals surface area contributed by atoms with E-state index >= 15 is 0 Å². The Kier molecular flexibility index (Phi) is 6.97. The molecule has 166 valence electrons. The van der Waals surface area contributed by atoms with E-state index in [2.05, 4.69) is 15.4 Å². The van der Waals surface area contributed by atoms with Crippen molar-refractivity contribution in [1.29, 1.82) is 0 Å². The Morgan fingerprint density at radius 1 is 1.10 bits per heavy atom. The number of rotatable bonds is 7. The number of fused-ring (bicyclic) bond motifs is 1. The van der Waals surface area contributed by atoms with Gasteiger partial charge in [-0.25, -0.2) is 8.42 Å². The molecule has 3 N–H and O–H groups in total. The van der Waals surface area contributed by atoms with Gasteiger partial charge in [0.25, 0.3) is 0 Å². The second-order valence-electron chi connectivity index (χ2n) is 7.78. The van der Waals surface area contributed by atoms with Gasteiger partial charge in [0.05, 0.1) is 12.0 Å². The summed E-state index contributed by atoms with van der Waals surface area (Å²) in [7, 11) is -2.41. The first kappa shape index (κ1) is 22.8. The molecular weight excluding hydrogens is 418 g/mol. The first-order valence-electron chi connectivity index (χ1n) is 10.1. The van der Waals surface area contributed by atoms with E-state index in [1.54, 1.807) is 57.4 Å². The highest BCUT2D eigenvalue weighted by Gasteiger charge is 2.29. The molecule has 9 heteroatoms. The van der Waals surface area contributed by atoms with Crippen molar-refractivity contribution in [2.24, 2.45) is 5.92 Å². The van der Waals surface area contributed by atoms with Crippen LogP contribution in [0.3, 0.4) is 0 Å². The standard InChI is InChI=1S/C22H27N3O5S/c1-14(2)21(22(27)23-16-7-9-17(30-3)10-8-16)25-31(28,29)18-11-12-19-15(13-18)5-4-6-20(26)24-19/h7-14,21,25H,4-6H2,1-3H3,(H,23,27)(H,24,26)/t21-/m1/s1. The molecule has 0 fully saturated rings. The summed E-state index contributed by atoms with van der Waals surface area (Å²) in [6.07, 6.45) is 1.65. The van der Waals surface area contributed by atoms with Crippen molar-refractivity contribution in [1.82, 2.24) is 4.72 Å². The number of benzene rings is 2. The average Bonchev–Trinajstić information content (AvgIpc) is 2.92. The normalized spacial score (nSPS) is 14.9. The molecule has 2 aromatic carbocycles. The van der Waals surface area contributed by atoms with E-state index in [-0.39, 0.29) is 16.7 Å². The predicted molar refractivity (Wildman–Crippen MR) is 119 cm³/mol. The fraction of sp³-hybridized carbons (Fsp3) is 0.364. The number of hydrogen-bond donors (Lipinski definition) is 3. The molecule has 31 heavy (non-hydrogen) atoms. The number of anilines is 2. The minimum Gasteiger partial charge on any atom is -0.497 e. The SMILES string of the molecule is COc1ccc(NC(=O)[C@H](NS(=O)(=O)c2ccc3c(c2)CCCC(=O)N3)C(C)C)cc1. The number of aryl methyl sites for hydroxylation is 1. The van der Waals surface area contributed by atoms with Crippen molar-refractivity contribution in [3.05, 3.63) is 48.0 Å². The fourth-order valence-corrected chi connectivity index (χ4v) is 4.73. The molecule has 0 bridgehead atoms. The van der Waals surface area contributed by atoms with Gasteiger partial charge in [0.1, 0.15) is 11.8 Å². The van der Waals surface area contributed by atoms with E-state index in [0.29, 0.717) is 36.4 Å². The van der Waals surface area contributed by atoms with Crippen molar-refractivity contribution >= 4 is 33.2 Å². The van der Waals surface area contributed by atoms with Crippen LogP contribution in [0.2, 0.25) is 0 Å². The zero-order chi connectivity index (χ0) is 22.6. The van der Waals surface area contributed by atoms with Gasteiger partial charge in [0.2, 0.25) is 21.8 Å². The lowest BCUT2D eigenvalue weighted by molar-refractivity contribution is -0.118. The zero-order valence-corrected chi connectivity index (χ0v) is 18.6. The smallest absolute Gasteiger partial charge is 0.242 e. The Bertz CT molecular complexity index is 1070. The van der Waals surface area contributed by atoms with Gasteiger partial charge in [-0.05, 0) is 66.8 Å². The molecule has 1 atom stereocenters. The van der Waals surface area contributed by atoms with Crippen LogP contribution >= 0.6 is 0 Å². The summed E-state index contributed by atoms with van der Waals surface area (Å²) in [6, 6.07) is 10.4. The van der Waals surface area contributed by atoms with Crippen LogP contribution in [-0.2, 0) is 26.0 Å². The molecule has 8 nitrogen and oxygen atoms in total. The summed E-state index contributed by atoms with van der Waals surface area (Å²) in [5, 5.41) is 5.53. The fourth-order valence-electron chi connectivity index (χ4n) is 3.34.